The molecule has 1 aliphatic rings. The lowest BCUT2D eigenvalue weighted by Crippen LogP contribution is -2.40. The topological polar surface area (TPSA) is 74.2 Å². The normalized spacial score (nSPS) is 24.4. The Kier molecular flexibility index (Phi) is 3.96. The Labute approximate surface area is 104 Å². The number of urea groups is 1. The highest BCUT2D eigenvalue weighted by Gasteiger charge is 2.20. The van der Waals surface area contributed by atoms with Gasteiger partial charge in [0.25, 0.3) is 0 Å². The Morgan fingerprint density at radius 1 is 1.47 bits per heavy atom. The van der Waals surface area contributed by atoms with Gasteiger partial charge in [-0.2, -0.15) is 0 Å². The van der Waals surface area contributed by atoms with Gasteiger partial charge < -0.3 is 10.4 Å². The van der Waals surface area contributed by atoms with Crippen LogP contribution in [-0.4, -0.2) is 28.3 Å². The second-order valence-electron chi connectivity index (χ2n) is 4.40. The van der Waals surface area contributed by atoms with Gasteiger partial charge in [-0.25, -0.2) is 9.78 Å². The summed E-state index contributed by atoms with van der Waals surface area (Å²) in [7, 11) is 0. The third kappa shape index (κ3) is 3.67. The van der Waals surface area contributed by atoms with Gasteiger partial charge in [-0.05, 0) is 32.6 Å². The van der Waals surface area contributed by atoms with Crippen molar-refractivity contribution in [3.8, 4) is 0 Å². The fourth-order valence-electron chi connectivity index (χ4n) is 1.95. The standard InChI is InChI=1S/C11H17N3O2S/c1-7-6-17-11(12-7)14-10(16)13-8-2-4-9(15)5-3-8/h6,8-9,15H,2-5H2,1H3,(H2,12,13,14,16). The van der Waals surface area contributed by atoms with Crippen LogP contribution in [0.4, 0.5) is 9.93 Å². The average Bonchev–Trinajstić information content (AvgIpc) is 2.67. The van der Waals surface area contributed by atoms with E-state index in [-0.39, 0.29) is 18.2 Å². The number of aryl methyl sites for hydroxylation is 1. The van der Waals surface area contributed by atoms with Crippen molar-refractivity contribution in [1.29, 1.82) is 0 Å². The summed E-state index contributed by atoms with van der Waals surface area (Å²) in [6, 6.07) is -0.0415. The van der Waals surface area contributed by atoms with Crippen molar-refractivity contribution in [2.24, 2.45) is 0 Å². The fourth-order valence-corrected chi connectivity index (χ4v) is 2.63. The Balaban J connectivity index is 1.77. The number of aliphatic hydroxyl groups excluding tert-OH is 1. The SMILES string of the molecule is Cc1csc(NC(=O)NC2CCC(O)CC2)n1. The van der Waals surface area contributed by atoms with Gasteiger partial charge in [0.2, 0.25) is 0 Å². The molecule has 17 heavy (non-hydrogen) atoms. The van der Waals surface area contributed by atoms with Gasteiger partial charge in [0.1, 0.15) is 0 Å². The Morgan fingerprint density at radius 2 is 2.18 bits per heavy atom. The summed E-state index contributed by atoms with van der Waals surface area (Å²) >= 11 is 1.42. The van der Waals surface area contributed by atoms with Gasteiger partial charge in [0.05, 0.1) is 11.8 Å². The molecule has 1 aliphatic carbocycles. The molecule has 0 spiro atoms. The highest BCUT2D eigenvalue weighted by atomic mass is 32.1. The van der Waals surface area contributed by atoms with E-state index in [1.165, 1.54) is 11.3 Å². The fraction of sp³-hybridized carbons (Fsp3) is 0.636. The number of aliphatic hydroxyl groups is 1. The lowest BCUT2D eigenvalue weighted by atomic mass is 9.93. The van der Waals surface area contributed by atoms with Gasteiger partial charge in [-0.1, -0.05) is 0 Å². The highest BCUT2D eigenvalue weighted by molar-refractivity contribution is 7.13. The highest BCUT2D eigenvalue weighted by Crippen LogP contribution is 2.19. The van der Waals surface area contributed by atoms with Crippen LogP contribution < -0.4 is 10.6 Å². The molecule has 1 fully saturated rings. The molecule has 0 aliphatic heterocycles. The number of hydrogen-bond acceptors (Lipinski definition) is 4. The summed E-state index contributed by atoms with van der Waals surface area (Å²) < 4.78 is 0. The molecule has 0 saturated heterocycles. The molecule has 1 aromatic heterocycles. The van der Waals surface area contributed by atoms with Gasteiger partial charge in [-0.3, -0.25) is 5.32 Å². The van der Waals surface area contributed by atoms with Crippen LogP contribution in [-0.2, 0) is 0 Å². The van der Waals surface area contributed by atoms with Gasteiger partial charge in [0.15, 0.2) is 5.13 Å². The third-order valence-electron chi connectivity index (χ3n) is 2.87. The molecule has 0 aromatic carbocycles. The Hall–Kier alpha value is -1.14. The van der Waals surface area contributed by atoms with Crippen molar-refractivity contribution >= 4 is 22.5 Å². The maximum atomic E-state index is 11.7. The second-order valence-corrected chi connectivity index (χ2v) is 5.26. The number of carbonyl (C=O) groups excluding carboxylic acids is 1. The van der Waals surface area contributed by atoms with E-state index in [0.717, 1.165) is 31.4 Å². The summed E-state index contributed by atoms with van der Waals surface area (Å²) in [6.07, 6.45) is 3.01. The van der Waals surface area contributed by atoms with Crippen molar-refractivity contribution < 1.29 is 9.90 Å². The molecule has 0 radical (unpaired) electrons. The van der Waals surface area contributed by atoms with E-state index in [1.54, 1.807) is 0 Å². The molecule has 1 saturated carbocycles. The van der Waals surface area contributed by atoms with E-state index in [2.05, 4.69) is 15.6 Å². The maximum absolute atomic E-state index is 11.7. The first-order chi connectivity index (χ1) is 8.13. The number of nitrogens with zero attached hydrogens (tertiary/aromatic N) is 1. The zero-order valence-electron chi connectivity index (χ0n) is 9.77. The molecular formula is C11H17N3O2S. The Bertz CT molecular complexity index is 386. The van der Waals surface area contributed by atoms with E-state index < -0.39 is 0 Å². The molecule has 2 rings (SSSR count). The first-order valence-electron chi connectivity index (χ1n) is 5.81. The number of thiazole rings is 1. The predicted octanol–water partition coefficient (Wildman–Crippen LogP) is 1.88. The summed E-state index contributed by atoms with van der Waals surface area (Å²) in [4.78, 5) is 15.8. The lowest BCUT2D eigenvalue weighted by molar-refractivity contribution is 0.118. The van der Waals surface area contributed by atoms with Gasteiger partial charge in [-0.15, -0.1) is 11.3 Å². The number of rotatable bonds is 2. The van der Waals surface area contributed by atoms with Crippen LogP contribution >= 0.6 is 11.3 Å². The molecule has 0 unspecified atom stereocenters. The number of amides is 2. The molecule has 5 nitrogen and oxygen atoms in total. The van der Waals surface area contributed by atoms with Crippen LogP contribution in [0, 0.1) is 6.92 Å². The third-order valence-corrected chi connectivity index (χ3v) is 3.75. The molecule has 6 heteroatoms. The first kappa shape index (κ1) is 12.3. The van der Waals surface area contributed by atoms with Crippen LogP contribution in [0.5, 0.6) is 0 Å². The number of aromatic nitrogens is 1. The molecule has 1 heterocycles. The van der Waals surface area contributed by atoms with Gasteiger partial charge in [0, 0.05) is 11.4 Å². The monoisotopic (exact) mass is 255 g/mol. The number of hydrogen-bond donors (Lipinski definition) is 3. The van der Waals surface area contributed by atoms with Crippen molar-refractivity contribution in [3.63, 3.8) is 0 Å². The zero-order chi connectivity index (χ0) is 12.3. The molecule has 3 N–H and O–H groups in total. The van der Waals surface area contributed by atoms with Gasteiger partial charge >= 0.3 is 6.03 Å². The quantitative estimate of drug-likeness (QED) is 0.755. The van der Waals surface area contributed by atoms with Crippen molar-refractivity contribution in [3.05, 3.63) is 11.1 Å². The van der Waals surface area contributed by atoms with Crippen molar-refractivity contribution in [2.75, 3.05) is 5.32 Å². The number of nitrogens with one attached hydrogen (secondary N) is 2. The van der Waals surface area contributed by atoms with Crippen LogP contribution in [0.25, 0.3) is 0 Å². The van der Waals surface area contributed by atoms with E-state index in [1.807, 2.05) is 12.3 Å². The van der Waals surface area contributed by atoms with Crippen LogP contribution in [0.2, 0.25) is 0 Å². The minimum absolute atomic E-state index is 0.166. The second kappa shape index (κ2) is 5.46. The number of anilines is 1. The minimum atomic E-state index is -0.208. The molecule has 0 bridgehead atoms. The summed E-state index contributed by atoms with van der Waals surface area (Å²) in [5, 5.41) is 17.5. The molecule has 0 atom stereocenters. The van der Waals surface area contributed by atoms with Crippen LogP contribution in [0.1, 0.15) is 31.4 Å². The zero-order valence-corrected chi connectivity index (χ0v) is 10.6. The van der Waals surface area contributed by atoms with E-state index >= 15 is 0 Å². The van der Waals surface area contributed by atoms with Crippen LogP contribution in [0.3, 0.4) is 0 Å². The van der Waals surface area contributed by atoms with E-state index in [4.69, 9.17) is 0 Å². The average molecular weight is 255 g/mol. The molecule has 1 aromatic rings. The van der Waals surface area contributed by atoms with E-state index in [9.17, 15) is 9.90 Å². The van der Waals surface area contributed by atoms with Crippen LogP contribution in [0.15, 0.2) is 5.38 Å². The number of carbonyl (C=O) groups is 1. The largest absolute Gasteiger partial charge is 0.393 e. The molecular weight excluding hydrogens is 238 g/mol. The summed E-state index contributed by atoms with van der Waals surface area (Å²) in [5.41, 5.74) is 0.908. The van der Waals surface area contributed by atoms with Crippen molar-refractivity contribution in [2.45, 2.75) is 44.8 Å². The minimum Gasteiger partial charge on any atom is -0.393 e. The summed E-state index contributed by atoms with van der Waals surface area (Å²) in [6.45, 7) is 1.89. The lowest BCUT2D eigenvalue weighted by Gasteiger charge is -2.25. The maximum Gasteiger partial charge on any atom is 0.321 e. The first-order valence-corrected chi connectivity index (χ1v) is 6.69. The summed E-state index contributed by atoms with van der Waals surface area (Å²) in [5.74, 6) is 0. The Morgan fingerprint density at radius 3 is 2.76 bits per heavy atom. The smallest absolute Gasteiger partial charge is 0.321 e. The molecule has 94 valence electrons. The van der Waals surface area contributed by atoms with Crippen molar-refractivity contribution in [1.82, 2.24) is 10.3 Å². The molecule has 2 amide bonds. The van der Waals surface area contributed by atoms with E-state index in [0.29, 0.717) is 5.13 Å². The predicted molar refractivity (Wildman–Crippen MR) is 67.3 cm³/mol.